The number of aryl methyl sites for hydroxylation is 1. The minimum atomic E-state index is -0.421. The number of nitrogens with two attached hydrogens (primary N) is 1. The Morgan fingerprint density at radius 1 is 1.00 bits per heavy atom. The Bertz CT molecular complexity index is 1720. The highest BCUT2D eigenvalue weighted by Crippen LogP contribution is 2.31. The van der Waals surface area contributed by atoms with Gasteiger partial charge in [0.25, 0.3) is 5.91 Å². The summed E-state index contributed by atoms with van der Waals surface area (Å²) in [5.41, 5.74) is 10.5. The lowest BCUT2D eigenvalue weighted by molar-refractivity contribution is 0.0946. The highest BCUT2D eigenvalue weighted by Gasteiger charge is 2.21. The largest absolute Gasteiger partial charge is 0.382 e. The molecule has 4 heterocycles. The molecule has 3 N–H and O–H groups in total. The molecule has 6 rings (SSSR count). The van der Waals surface area contributed by atoms with Gasteiger partial charge in [-0.25, -0.2) is 15.0 Å². The second-order valence-electron chi connectivity index (χ2n) is 8.20. The average molecular weight is 493 g/mol. The SMILES string of the molecule is Cn1ccc(-c2nc(N)c(C(=O)NCc3nc4ccccc4s3)nc2-c2ccc3ncccc3c2)n1. The monoisotopic (exact) mass is 492 g/mol. The summed E-state index contributed by atoms with van der Waals surface area (Å²) >= 11 is 1.53. The third kappa shape index (κ3) is 4.03. The number of nitrogen functional groups attached to an aromatic ring is 1. The molecule has 6 aromatic rings. The molecule has 4 aromatic heterocycles. The number of carbonyl (C=O) groups is 1. The summed E-state index contributed by atoms with van der Waals surface area (Å²) in [6.45, 7) is 0.262. The third-order valence-electron chi connectivity index (χ3n) is 5.71. The maximum atomic E-state index is 13.2. The molecule has 0 atom stereocenters. The van der Waals surface area contributed by atoms with E-state index >= 15 is 0 Å². The lowest BCUT2D eigenvalue weighted by Gasteiger charge is -2.12. The Balaban J connectivity index is 1.39. The number of pyridine rings is 1. The zero-order valence-corrected chi connectivity index (χ0v) is 20.0. The fraction of sp³-hybridized carbons (Fsp3) is 0.0769. The van der Waals surface area contributed by atoms with Crippen LogP contribution in [-0.2, 0) is 13.6 Å². The van der Waals surface area contributed by atoms with E-state index in [1.807, 2.05) is 73.9 Å². The first kappa shape index (κ1) is 21.8. The molecular formula is C26H20N8OS. The molecular weight excluding hydrogens is 472 g/mol. The number of carbonyl (C=O) groups excluding carboxylic acids is 1. The lowest BCUT2D eigenvalue weighted by atomic mass is 10.0. The maximum Gasteiger partial charge on any atom is 0.274 e. The number of hydrogen-bond donors (Lipinski definition) is 2. The average Bonchev–Trinajstić information content (AvgIpc) is 3.52. The quantitative estimate of drug-likeness (QED) is 0.369. The molecule has 0 bridgehead atoms. The van der Waals surface area contributed by atoms with Gasteiger partial charge < -0.3 is 11.1 Å². The van der Waals surface area contributed by atoms with E-state index in [1.165, 1.54) is 11.3 Å². The van der Waals surface area contributed by atoms with Crippen molar-refractivity contribution in [3.63, 3.8) is 0 Å². The second-order valence-corrected chi connectivity index (χ2v) is 9.31. The van der Waals surface area contributed by atoms with Crippen LogP contribution in [-0.4, -0.2) is 35.6 Å². The number of hydrogen-bond acceptors (Lipinski definition) is 8. The fourth-order valence-electron chi connectivity index (χ4n) is 3.99. The van der Waals surface area contributed by atoms with E-state index in [9.17, 15) is 4.79 Å². The molecule has 0 unspecified atom stereocenters. The van der Waals surface area contributed by atoms with Crippen molar-refractivity contribution < 1.29 is 4.79 Å². The van der Waals surface area contributed by atoms with Gasteiger partial charge in [0.1, 0.15) is 16.4 Å². The summed E-state index contributed by atoms with van der Waals surface area (Å²) in [5, 5.41) is 9.11. The van der Waals surface area contributed by atoms with Gasteiger partial charge in [0, 0.05) is 30.4 Å². The molecule has 9 nitrogen and oxygen atoms in total. The molecule has 176 valence electrons. The van der Waals surface area contributed by atoms with Crippen molar-refractivity contribution >= 4 is 44.2 Å². The number of nitrogens with zero attached hydrogens (tertiary/aromatic N) is 6. The Labute approximate surface area is 209 Å². The minimum Gasteiger partial charge on any atom is -0.382 e. The molecule has 2 aromatic carbocycles. The predicted octanol–water partition coefficient (Wildman–Crippen LogP) is 4.21. The summed E-state index contributed by atoms with van der Waals surface area (Å²) in [4.78, 5) is 31.4. The van der Waals surface area contributed by atoms with Gasteiger partial charge in [-0.3, -0.25) is 14.5 Å². The highest BCUT2D eigenvalue weighted by atomic mass is 32.1. The van der Waals surface area contributed by atoms with Crippen LogP contribution in [0, 0.1) is 0 Å². The van der Waals surface area contributed by atoms with E-state index in [2.05, 4.69) is 25.4 Å². The van der Waals surface area contributed by atoms with Gasteiger partial charge in [-0.1, -0.05) is 24.3 Å². The third-order valence-corrected chi connectivity index (χ3v) is 6.75. The molecule has 0 aliphatic heterocycles. The molecule has 0 fully saturated rings. The summed E-state index contributed by atoms with van der Waals surface area (Å²) in [6.07, 6.45) is 3.57. The maximum absolute atomic E-state index is 13.2. The van der Waals surface area contributed by atoms with Crippen molar-refractivity contribution in [2.75, 3.05) is 5.73 Å². The Morgan fingerprint density at radius 3 is 2.72 bits per heavy atom. The van der Waals surface area contributed by atoms with Crippen molar-refractivity contribution in [1.29, 1.82) is 0 Å². The minimum absolute atomic E-state index is 0.0312. The molecule has 36 heavy (non-hydrogen) atoms. The van der Waals surface area contributed by atoms with E-state index in [1.54, 1.807) is 10.9 Å². The summed E-state index contributed by atoms with van der Waals surface area (Å²) in [5.74, 6) is -0.390. The van der Waals surface area contributed by atoms with Crippen molar-refractivity contribution in [1.82, 2.24) is 35.0 Å². The number of nitrogens with one attached hydrogen (secondary N) is 1. The van der Waals surface area contributed by atoms with Gasteiger partial charge in [0.2, 0.25) is 0 Å². The highest BCUT2D eigenvalue weighted by molar-refractivity contribution is 7.18. The van der Waals surface area contributed by atoms with Crippen molar-refractivity contribution in [3.8, 4) is 22.6 Å². The van der Waals surface area contributed by atoms with Gasteiger partial charge in [-0.2, -0.15) is 5.10 Å². The molecule has 0 aliphatic rings. The Morgan fingerprint density at radius 2 is 1.89 bits per heavy atom. The first-order valence-corrected chi connectivity index (χ1v) is 12.0. The van der Waals surface area contributed by atoms with Gasteiger partial charge in [0.05, 0.1) is 28.0 Å². The standard InChI is InChI=1S/C26H20N8OS/c1-34-12-10-19(33-34)23-22(16-8-9-17-15(13-16)5-4-11-28-17)31-24(25(27)32-23)26(35)29-14-21-30-18-6-2-3-7-20(18)36-21/h2-13H,14H2,1H3,(H2,27,32)(H,29,35). The summed E-state index contributed by atoms with van der Waals surface area (Å²) in [6, 6.07) is 19.3. The van der Waals surface area contributed by atoms with Gasteiger partial charge in [0.15, 0.2) is 11.5 Å². The van der Waals surface area contributed by atoms with Crippen LogP contribution >= 0.6 is 11.3 Å². The van der Waals surface area contributed by atoms with Crippen molar-refractivity contribution in [2.45, 2.75) is 6.54 Å². The van der Waals surface area contributed by atoms with E-state index in [0.717, 1.165) is 31.7 Å². The Kier molecular flexibility index (Phi) is 5.34. The first-order chi connectivity index (χ1) is 17.5. The number of thiazole rings is 1. The number of aromatic nitrogens is 6. The van der Waals surface area contributed by atoms with Crippen LogP contribution in [0.3, 0.4) is 0 Å². The molecule has 0 aliphatic carbocycles. The van der Waals surface area contributed by atoms with Gasteiger partial charge in [-0.05, 0) is 36.4 Å². The molecule has 0 spiro atoms. The van der Waals surface area contributed by atoms with Gasteiger partial charge >= 0.3 is 0 Å². The molecule has 1 amide bonds. The van der Waals surface area contributed by atoms with Crippen LogP contribution < -0.4 is 11.1 Å². The van der Waals surface area contributed by atoms with Crippen molar-refractivity contribution in [2.24, 2.45) is 7.05 Å². The number of amides is 1. The van der Waals surface area contributed by atoms with Crippen LogP contribution in [0.5, 0.6) is 0 Å². The van der Waals surface area contributed by atoms with E-state index in [0.29, 0.717) is 17.1 Å². The number of fused-ring (bicyclic) bond motifs is 2. The van der Waals surface area contributed by atoms with E-state index in [-0.39, 0.29) is 18.1 Å². The summed E-state index contributed by atoms with van der Waals surface area (Å²) < 4.78 is 2.74. The Hall–Kier alpha value is -4.70. The molecule has 0 saturated heterocycles. The predicted molar refractivity (Wildman–Crippen MR) is 140 cm³/mol. The van der Waals surface area contributed by atoms with Gasteiger partial charge in [-0.15, -0.1) is 11.3 Å². The smallest absolute Gasteiger partial charge is 0.274 e. The van der Waals surface area contributed by atoms with Crippen LogP contribution in [0.1, 0.15) is 15.5 Å². The topological polar surface area (TPSA) is 124 Å². The fourth-order valence-corrected chi connectivity index (χ4v) is 4.90. The first-order valence-electron chi connectivity index (χ1n) is 11.2. The molecule has 0 radical (unpaired) electrons. The van der Waals surface area contributed by atoms with Crippen LogP contribution in [0.4, 0.5) is 5.82 Å². The number of anilines is 1. The number of para-hydroxylation sites is 1. The van der Waals surface area contributed by atoms with E-state index < -0.39 is 5.91 Å². The number of rotatable bonds is 5. The zero-order valence-electron chi connectivity index (χ0n) is 19.2. The van der Waals surface area contributed by atoms with Crippen LogP contribution in [0.25, 0.3) is 43.8 Å². The molecule has 0 saturated carbocycles. The molecule has 10 heteroatoms. The van der Waals surface area contributed by atoms with E-state index in [4.69, 9.17) is 10.7 Å². The summed E-state index contributed by atoms with van der Waals surface area (Å²) in [7, 11) is 1.82. The van der Waals surface area contributed by atoms with Crippen LogP contribution in [0.2, 0.25) is 0 Å². The number of benzene rings is 2. The van der Waals surface area contributed by atoms with Crippen molar-refractivity contribution in [3.05, 3.63) is 83.8 Å². The second kappa shape index (κ2) is 8.82. The van der Waals surface area contributed by atoms with Crippen LogP contribution in [0.15, 0.2) is 73.1 Å². The zero-order chi connectivity index (χ0) is 24.6. The normalized spacial score (nSPS) is 11.2. The lowest BCUT2D eigenvalue weighted by Crippen LogP contribution is -2.25.